The Balaban J connectivity index is 0.865. The van der Waals surface area contributed by atoms with Crippen molar-refractivity contribution < 1.29 is 103 Å². The summed E-state index contributed by atoms with van der Waals surface area (Å²) in [6, 6.07) is 17.8. The van der Waals surface area contributed by atoms with E-state index >= 15 is 0 Å². The number of nitrogens with one attached hydrogen (secondary N) is 5. The molecule has 1 saturated heterocycles. The number of hydrogen-bond acceptors (Lipinski definition) is 22. The van der Waals surface area contributed by atoms with Crippen molar-refractivity contribution in [1.82, 2.24) is 25.5 Å². The third-order valence-electron chi connectivity index (χ3n) is 13.3. The molecule has 0 bridgehead atoms. The zero-order chi connectivity index (χ0) is 69.2. The SMILES string of the molecule is CC/N=c1/cc2oc3cc(NCC)c(C)cc3c(-c3cc(C(=O)NCCNC(=O)c4cccc(OCC(N=[N+]=[N-])OCCOCC(=O)NCC#Cc5cn([C@H]6CC(O[C@H](F)N=[N+]=[N-])[C@@H](COP(=O)(O)OP(=O)(O)OP(=O)(O)O)O6)c(=O)[nH]c5=O)c4)ccc3C(=O)O)c-2cc1C. The topological polar surface area (TPSA) is 520 Å². The lowest BCUT2D eigenvalue weighted by molar-refractivity contribution is -0.126. The van der Waals surface area contributed by atoms with E-state index in [1.807, 2.05) is 56.9 Å². The molecule has 0 spiro atoms. The summed E-state index contributed by atoms with van der Waals surface area (Å²) in [7, 11) is -17.4. The number of benzene rings is 4. The molecule has 1 fully saturated rings. The Kier molecular flexibility index (Phi) is 25.7. The first-order chi connectivity index (χ1) is 45.1. The maximum Gasteiger partial charge on any atom is 0.490 e. The number of aromatic carboxylic acids is 1. The number of anilines is 1. The van der Waals surface area contributed by atoms with E-state index in [4.69, 9.17) is 49.0 Å². The number of ether oxygens (including phenoxy) is 5. The summed E-state index contributed by atoms with van der Waals surface area (Å²) in [6.07, 6.45) is -5.63. The largest absolute Gasteiger partial charge is 0.491 e. The first-order valence-electron chi connectivity index (χ1n) is 28.2. The van der Waals surface area contributed by atoms with Gasteiger partial charge < -0.3 is 74.0 Å². The monoisotopic (exact) mass is 1380 g/mol. The van der Waals surface area contributed by atoms with Crippen LogP contribution in [0.2, 0.25) is 0 Å². The molecule has 36 nitrogen and oxygen atoms in total. The molecule has 3 aliphatic rings. The number of nitrogens with zero attached hydrogens (tertiary/aromatic N) is 8. The molecule has 7 atom stereocenters. The molecule has 1 aromatic heterocycles. The second-order valence-corrected chi connectivity index (χ2v) is 24.4. The lowest BCUT2D eigenvalue weighted by atomic mass is 9.88. The smallest absolute Gasteiger partial charge is 0.490 e. The van der Waals surface area contributed by atoms with Gasteiger partial charge >= 0.3 is 35.1 Å². The van der Waals surface area contributed by atoms with E-state index in [1.54, 1.807) is 0 Å². The standard InChI is InChI=1S/C55H61FN13O23P3/c1-5-59-40-23-42-38(19-30(40)3)49(39-20-31(4)41(60-6-2)24-43(39)88-42)37-22-33(12-13-36(37)53(74)75)51(72)63-16-15-62-50(71)32-9-7-11-35(21-32)86-29-47(65-67-57)85-18-17-84-28-46(70)61-14-8-10-34-26-69(55(76)64-52(34)73)48-25-44(90-54(56)66-68-58)45(89-48)27-87-94(80,81)92-95(82,83)91-93(77,78)79/h7,9,11-13,19-24,26,44-45,47-48,54,59H,5-6,14-18,25,27-29H2,1-4H3,(H,61,70)(H,62,71)(H,63,72)(H,74,75)(H,80,81)(H,82,83)(H,64,73,76)(H2,77,78,79)/b60-41-/t44?,45-,47?,48-,54-/m1/s1. The van der Waals surface area contributed by atoms with Crippen molar-refractivity contribution in [2.24, 2.45) is 15.2 Å². The van der Waals surface area contributed by atoms with E-state index in [0.29, 0.717) is 40.9 Å². The van der Waals surface area contributed by atoms with E-state index in [1.165, 1.54) is 42.5 Å². The Morgan fingerprint density at radius 2 is 1.61 bits per heavy atom. The highest BCUT2D eigenvalue weighted by Gasteiger charge is 2.44. The quantitative estimate of drug-likeness (QED) is 0.00355. The summed E-state index contributed by atoms with van der Waals surface area (Å²) >= 11 is 0. The van der Waals surface area contributed by atoms with E-state index in [9.17, 15) is 61.7 Å². The molecular formula is C55H61FN13O23P3. The van der Waals surface area contributed by atoms with Crippen LogP contribution in [-0.2, 0) is 50.6 Å². The van der Waals surface area contributed by atoms with E-state index in [2.05, 4.69) is 71.3 Å². The highest BCUT2D eigenvalue weighted by Crippen LogP contribution is 2.66. The van der Waals surface area contributed by atoms with E-state index < -0.39 is 109 Å². The number of H-pyrrole nitrogens is 1. The molecular weight excluding hydrogens is 1320 g/mol. The Labute approximate surface area is 535 Å². The fourth-order valence-corrected chi connectivity index (χ4v) is 12.3. The van der Waals surface area contributed by atoms with Crippen molar-refractivity contribution >= 4 is 63.8 Å². The number of phosphoric ester groups is 1. The molecule has 0 radical (unpaired) electrons. The number of carbonyl (C=O) groups is 4. The zero-order valence-electron chi connectivity index (χ0n) is 50.5. The second-order valence-electron chi connectivity index (χ2n) is 20.0. The van der Waals surface area contributed by atoms with Gasteiger partial charge in [0.05, 0.1) is 43.4 Å². The Morgan fingerprint density at radius 3 is 2.29 bits per heavy atom. The van der Waals surface area contributed by atoms with Gasteiger partial charge in [0.15, 0.2) is 6.23 Å². The molecule has 0 saturated carbocycles. The van der Waals surface area contributed by atoms with E-state index in [0.717, 1.165) is 32.9 Å². The number of hydrogen-bond donors (Lipinski definition) is 10. The Hall–Kier alpha value is -9.13. The van der Waals surface area contributed by atoms with Crippen molar-refractivity contribution in [3.05, 3.63) is 153 Å². The number of aromatic amines is 1. The lowest BCUT2D eigenvalue weighted by Crippen LogP contribution is -2.34. The number of aromatic nitrogens is 2. The number of amides is 3. The number of azide groups is 2. The Bertz CT molecular complexity index is 4350. The van der Waals surface area contributed by atoms with Gasteiger partial charge in [-0.2, -0.15) is 8.62 Å². The average molecular weight is 1380 g/mol. The van der Waals surface area contributed by atoms with Crippen LogP contribution in [0.5, 0.6) is 5.75 Å². The maximum atomic E-state index is 14.2. The number of rotatable bonds is 32. The number of alkyl halides is 1. The lowest BCUT2D eigenvalue weighted by Gasteiger charge is -2.21. The molecule has 3 amide bonds. The van der Waals surface area contributed by atoms with Gasteiger partial charge in [0.1, 0.15) is 48.2 Å². The fraction of sp³-hybridized carbons (Fsp3) is 0.364. The van der Waals surface area contributed by atoms with Crippen molar-refractivity contribution in [3.8, 4) is 40.0 Å². The van der Waals surface area contributed by atoms with Crippen LogP contribution in [0.15, 0.2) is 102 Å². The molecule has 7 rings (SSSR count). The number of fused-ring (bicyclic) bond motifs is 2. The van der Waals surface area contributed by atoms with Gasteiger partial charge in [-0.25, -0.2) is 27.7 Å². The number of halogens is 1. The number of carboxylic acid groups (broad SMARTS) is 1. The van der Waals surface area contributed by atoms with Crippen molar-refractivity contribution in [2.75, 3.05) is 71.1 Å². The highest BCUT2D eigenvalue weighted by atomic mass is 31.3. The highest BCUT2D eigenvalue weighted by molar-refractivity contribution is 7.66. The molecule has 506 valence electrons. The summed E-state index contributed by atoms with van der Waals surface area (Å²) in [5.74, 6) is 2.62. The number of phosphoric acid groups is 3. The number of carboxylic acids is 1. The predicted molar refractivity (Wildman–Crippen MR) is 330 cm³/mol. The van der Waals surface area contributed by atoms with Crippen LogP contribution in [0.3, 0.4) is 0 Å². The minimum atomic E-state index is -5.94. The van der Waals surface area contributed by atoms with Gasteiger partial charge in [-0.05, 0) is 109 Å². The molecule has 40 heteroatoms. The molecule has 95 heavy (non-hydrogen) atoms. The van der Waals surface area contributed by atoms with Crippen LogP contribution in [-0.4, -0.2) is 149 Å². The zero-order valence-corrected chi connectivity index (χ0v) is 53.2. The molecule has 2 aliphatic heterocycles. The number of carbonyl (C=O) groups excluding carboxylic acids is 3. The number of aryl methyl sites for hydroxylation is 2. The summed E-state index contributed by atoms with van der Waals surface area (Å²) < 4.78 is 95.4. The maximum absolute atomic E-state index is 14.2. The average Bonchev–Trinajstić information content (AvgIpc) is 1.23. The summed E-state index contributed by atoms with van der Waals surface area (Å²) in [4.78, 5) is 126. The van der Waals surface area contributed by atoms with Crippen molar-refractivity contribution in [1.29, 1.82) is 0 Å². The first kappa shape index (κ1) is 73.3. The Morgan fingerprint density at radius 1 is 0.884 bits per heavy atom. The van der Waals surface area contributed by atoms with Crippen molar-refractivity contribution in [2.45, 2.75) is 65.3 Å². The third-order valence-corrected chi connectivity index (χ3v) is 17.1. The molecule has 4 unspecified atom stereocenters. The third kappa shape index (κ3) is 20.9. The van der Waals surface area contributed by atoms with Gasteiger partial charge in [0.25, 0.3) is 23.9 Å². The van der Waals surface area contributed by atoms with Crippen LogP contribution in [0, 0.1) is 25.7 Å². The molecule has 3 aromatic carbocycles. The molecule has 3 heterocycles. The molecule has 10 N–H and O–H groups in total. The van der Waals surface area contributed by atoms with E-state index in [-0.39, 0.29) is 73.0 Å². The molecule has 1 aliphatic carbocycles. The van der Waals surface area contributed by atoms with Gasteiger partial charge in [0.2, 0.25) is 5.91 Å². The normalized spacial score (nSPS) is 16.6. The summed E-state index contributed by atoms with van der Waals surface area (Å²) in [6.45, 7) is 3.37. The molecule has 4 aromatic rings. The van der Waals surface area contributed by atoms with Crippen molar-refractivity contribution in [3.63, 3.8) is 0 Å². The summed E-state index contributed by atoms with van der Waals surface area (Å²) in [5.41, 5.74) is 20.0. The minimum Gasteiger partial charge on any atom is -0.491 e. The summed E-state index contributed by atoms with van der Waals surface area (Å²) in [5, 5.41) is 29.3. The van der Waals surface area contributed by atoms with Gasteiger partial charge in [-0.15, -0.1) is 0 Å². The minimum absolute atomic E-state index is 0.0120. The van der Waals surface area contributed by atoms with Crippen LogP contribution in [0.25, 0.3) is 54.3 Å². The van der Waals surface area contributed by atoms with Crippen LogP contribution in [0.1, 0.15) is 74.3 Å². The fourth-order valence-electron chi connectivity index (χ4n) is 9.28. The van der Waals surface area contributed by atoms with Gasteiger partial charge in [-0.3, -0.25) is 38.2 Å². The van der Waals surface area contributed by atoms with Crippen LogP contribution >= 0.6 is 23.5 Å². The van der Waals surface area contributed by atoms with Gasteiger partial charge in [0, 0.05) is 94.1 Å². The van der Waals surface area contributed by atoms with Gasteiger partial charge in [-0.1, -0.05) is 23.0 Å². The second kappa shape index (κ2) is 33.3. The predicted octanol–water partition coefficient (Wildman–Crippen LogP) is 5.68. The first-order valence-corrected chi connectivity index (χ1v) is 32.7. The van der Waals surface area contributed by atoms with Crippen LogP contribution < -0.4 is 42.6 Å². The van der Waals surface area contributed by atoms with Crippen LogP contribution in [0.4, 0.5) is 10.1 Å².